The quantitative estimate of drug-likeness (QED) is 0.588. The number of aryl methyl sites for hydroxylation is 1. The van der Waals surface area contributed by atoms with Gasteiger partial charge in [-0.3, -0.25) is 4.79 Å². The first-order valence-electron chi connectivity index (χ1n) is 3.66. The second-order valence-electron chi connectivity index (χ2n) is 2.70. The van der Waals surface area contributed by atoms with E-state index in [2.05, 4.69) is 0 Å². The van der Waals surface area contributed by atoms with Crippen molar-refractivity contribution in [3.8, 4) is 6.07 Å². The van der Waals surface area contributed by atoms with Crippen LogP contribution in [0.3, 0.4) is 0 Å². The van der Waals surface area contributed by atoms with Gasteiger partial charge in [0.25, 0.3) is 0 Å². The summed E-state index contributed by atoms with van der Waals surface area (Å²) in [6.07, 6.45) is 0.737. The van der Waals surface area contributed by atoms with Crippen molar-refractivity contribution in [3.63, 3.8) is 0 Å². The summed E-state index contributed by atoms with van der Waals surface area (Å²) in [7, 11) is 0. The van der Waals surface area contributed by atoms with Crippen LogP contribution in [-0.2, 0) is 0 Å². The van der Waals surface area contributed by atoms with E-state index in [-0.39, 0.29) is 0 Å². The number of carbonyl (C=O) groups excluding carboxylic acids is 1. The molecule has 0 amide bonds. The minimum Gasteiger partial charge on any atom is -0.298 e. The maximum absolute atomic E-state index is 10.6. The van der Waals surface area contributed by atoms with Crippen molar-refractivity contribution in [1.82, 2.24) is 0 Å². The monoisotopic (exact) mass is 159 g/mol. The molecular weight excluding hydrogens is 150 g/mol. The molecule has 60 valence electrons. The lowest BCUT2D eigenvalue weighted by atomic mass is 9.99. The van der Waals surface area contributed by atoms with E-state index in [1.165, 1.54) is 0 Å². The van der Waals surface area contributed by atoms with Crippen LogP contribution >= 0.6 is 0 Å². The molecular formula is C10H9NO. The Morgan fingerprint density at radius 3 is 2.58 bits per heavy atom. The van der Waals surface area contributed by atoms with Gasteiger partial charge in [0, 0.05) is 5.56 Å². The molecule has 1 aromatic rings. The predicted molar refractivity (Wildman–Crippen MR) is 46.0 cm³/mol. The first kappa shape index (κ1) is 8.48. The lowest BCUT2D eigenvalue weighted by molar-refractivity contribution is 0.112. The SMILES string of the molecule is Cc1ccc(C#N)c(C=O)c1C. The van der Waals surface area contributed by atoms with Gasteiger partial charge in [-0.05, 0) is 31.0 Å². The topological polar surface area (TPSA) is 40.9 Å². The molecule has 0 spiro atoms. The standard InChI is InChI=1S/C10H9NO/c1-7-3-4-9(5-11)10(6-12)8(7)2/h3-4,6H,1-2H3. The van der Waals surface area contributed by atoms with Crippen LogP contribution in [0.25, 0.3) is 0 Å². The fourth-order valence-electron chi connectivity index (χ4n) is 1.09. The molecule has 0 N–H and O–H groups in total. The summed E-state index contributed by atoms with van der Waals surface area (Å²) in [5.74, 6) is 0. The molecule has 1 rings (SSSR count). The Bertz CT molecular complexity index is 361. The van der Waals surface area contributed by atoms with Gasteiger partial charge < -0.3 is 0 Å². The minimum absolute atomic E-state index is 0.452. The smallest absolute Gasteiger partial charge is 0.151 e. The Morgan fingerprint density at radius 2 is 2.08 bits per heavy atom. The number of nitrogens with zero attached hydrogens (tertiary/aromatic N) is 1. The summed E-state index contributed by atoms with van der Waals surface area (Å²) in [4.78, 5) is 10.6. The van der Waals surface area contributed by atoms with E-state index >= 15 is 0 Å². The molecule has 0 fully saturated rings. The second-order valence-corrected chi connectivity index (χ2v) is 2.70. The zero-order valence-electron chi connectivity index (χ0n) is 7.09. The lowest BCUT2D eigenvalue weighted by Gasteiger charge is -2.03. The van der Waals surface area contributed by atoms with Gasteiger partial charge in [-0.1, -0.05) is 6.07 Å². The maximum atomic E-state index is 10.6. The molecule has 2 nitrogen and oxygen atoms in total. The van der Waals surface area contributed by atoms with Crippen LogP contribution in [0.4, 0.5) is 0 Å². The molecule has 0 saturated carbocycles. The average Bonchev–Trinajstić information content (AvgIpc) is 2.09. The first-order valence-corrected chi connectivity index (χ1v) is 3.66. The van der Waals surface area contributed by atoms with Crippen LogP contribution in [0.2, 0.25) is 0 Å². The summed E-state index contributed by atoms with van der Waals surface area (Å²) in [5.41, 5.74) is 2.89. The molecule has 0 heterocycles. The van der Waals surface area contributed by atoms with Crippen LogP contribution < -0.4 is 0 Å². The second kappa shape index (κ2) is 3.19. The highest BCUT2D eigenvalue weighted by atomic mass is 16.1. The Labute approximate surface area is 71.4 Å². The molecule has 0 bridgehead atoms. The number of hydrogen-bond acceptors (Lipinski definition) is 2. The molecule has 0 saturated heterocycles. The molecule has 0 radical (unpaired) electrons. The summed E-state index contributed by atoms with van der Waals surface area (Å²) < 4.78 is 0. The fourth-order valence-corrected chi connectivity index (χ4v) is 1.09. The molecule has 0 unspecified atom stereocenters. The lowest BCUT2D eigenvalue weighted by Crippen LogP contribution is -1.94. The van der Waals surface area contributed by atoms with Gasteiger partial charge in [0.15, 0.2) is 6.29 Å². The number of nitriles is 1. The third kappa shape index (κ3) is 1.22. The van der Waals surface area contributed by atoms with Crippen LogP contribution in [-0.4, -0.2) is 6.29 Å². The molecule has 1 aromatic carbocycles. The summed E-state index contributed by atoms with van der Waals surface area (Å²) in [6, 6.07) is 5.50. The van der Waals surface area contributed by atoms with Gasteiger partial charge in [0.05, 0.1) is 11.6 Å². The van der Waals surface area contributed by atoms with Gasteiger partial charge in [-0.25, -0.2) is 0 Å². The number of benzene rings is 1. The van der Waals surface area contributed by atoms with Gasteiger partial charge in [-0.15, -0.1) is 0 Å². The fraction of sp³-hybridized carbons (Fsp3) is 0.200. The van der Waals surface area contributed by atoms with E-state index in [0.717, 1.165) is 17.4 Å². The number of aldehydes is 1. The molecule has 0 aliphatic rings. The van der Waals surface area contributed by atoms with E-state index in [4.69, 9.17) is 5.26 Å². The highest BCUT2D eigenvalue weighted by molar-refractivity contribution is 5.81. The first-order chi connectivity index (χ1) is 5.70. The Morgan fingerprint density at radius 1 is 1.42 bits per heavy atom. The van der Waals surface area contributed by atoms with E-state index < -0.39 is 0 Å². The summed E-state index contributed by atoms with van der Waals surface area (Å²) >= 11 is 0. The average molecular weight is 159 g/mol. The third-order valence-corrected chi connectivity index (χ3v) is 2.02. The molecule has 0 aliphatic heterocycles. The van der Waals surface area contributed by atoms with Gasteiger partial charge in [0.2, 0.25) is 0 Å². The van der Waals surface area contributed by atoms with Crippen molar-refractivity contribution in [3.05, 3.63) is 34.4 Å². The van der Waals surface area contributed by atoms with Crippen molar-refractivity contribution >= 4 is 6.29 Å². The van der Waals surface area contributed by atoms with Crippen molar-refractivity contribution in [1.29, 1.82) is 5.26 Å². The van der Waals surface area contributed by atoms with E-state index in [1.54, 1.807) is 6.07 Å². The summed E-state index contributed by atoms with van der Waals surface area (Å²) in [6.45, 7) is 3.77. The van der Waals surface area contributed by atoms with Crippen LogP contribution in [0.5, 0.6) is 0 Å². The normalized spacial score (nSPS) is 9.08. The Balaban J connectivity index is 3.48. The number of carbonyl (C=O) groups is 1. The zero-order chi connectivity index (χ0) is 9.14. The van der Waals surface area contributed by atoms with Gasteiger partial charge in [0.1, 0.15) is 0 Å². The van der Waals surface area contributed by atoms with Gasteiger partial charge in [-0.2, -0.15) is 5.26 Å². The number of rotatable bonds is 1. The largest absolute Gasteiger partial charge is 0.298 e. The summed E-state index contributed by atoms with van der Waals surface area (Å²) in [5, 5.41) is 8.66. The predicted octanol–water partition coefficient (Wildman–Crippen LogP) is 1.99. The highest BCUT2D eigenvalue weighted by Gasteiger charge is 2.05. The Hall–Kier alpha value is -1.62. The third-order valence-electron chi connectivity index (χ3n) is 2.02. The van der Waals surface area contributed by atoms with Crippen molar-refractivity contribution in [2.24, 2.45) is 0 Å². The van der Waals surface area contributed by atoms with E-state index in [0.29, 0.717) is 11.1 Å². The molecule has 0 atom stereocenters. The van der Waals surface area contributed by atoms with E-state index in [1.807, 2.05) is 26.0 Å². The van der Waals surface area contributed by atoms with Crippen molar-refractivity contribution < 1.29 is 4.79 Å². The van der Waals surface area contributed by atoms with Crippen LogP contribution in [0.15, 0.2) is 12.1 Å². The minimum atomic E-state index is 0.452. The molecule has 0 aliphatic carbocycles. The van der Waals surface area contributed by atoms with Crippen LogP contribution in [0.1, 0.15) is 27.0 Å². The van der Waals surface area contributed by atoms with E-state index in [9.17, 15) is 4.79 Å². The highest BCUT2D eigenvalue weighted by Crippen LogP contribution is 2.15. The Kier molecular flexibility index (Phi) is 2.25. The van der Waals surface area contributed by atoms with Crippen LogP contribution in [0, 0.1) is 25.2 Å². The van der Waals surface area contributed by atoms with Crippen molar-refractivity contribution in [2.75, 3.05) is 0 Å². The maximum Gasteiger partial charge on any atom is 0.151 e. The molecule has 2 heteroatoms. The number of hydrogen-bond donors (Lipinski definition) is 0. The van der Waals surface area contributed by atoms with Crippen molar-refractivity contribution in [2.45, 2.75) is 13.8 Å². The zero-order valence-corrected chi connectivity index (χ0v) is 7.09. The van der Waals surface area contributed by atoms with Gasteiger partial charge >= 0.3 is 0 Å². The molecule has 0 aromatic heterocycles. The molecule has 12 heavy (non-hydrogen) atoms.